The highest BCUT2D eigenvalue weighted by Gasteiger charge is 2.45. The number of Topliss-reactive ketones (excluding diaryl/α,β-unsaturated/α-hetero) is 2. The first-order valence-corrected chi connectivity index (χ1v) is 14.2. The van der Waals surface area contributed by atoms with E-state index in [0.717, 1.165) is 38.5 Å². The average Bonchev–Trinajstić information content (AvgIpc) is 2.72. The first-order valence-electron chi connectivity index (χ1n) is 14.2. The van der Waals surface area contributed by atoms with Crippen LogP contribution in [0.15, 0.2) is 0 Å². The lowest BCUT2D eigenvalue weighted by Gasteiger charge is -2.38. The Balaban J connectivity index is 2.22. The second-order valence-corrected chi connectivity index (χ2v) is 12.6. The molecule has 2 saturated carbocycles. The molecule has 6 heteroatoms. The van der Waals surface area contributed by atoms with Crippen LogP contribution in [0.25, 0.3) is 0 Å². The van der Waals surface area contributed by atoms with E-state index >= 15 is 0 Å². The SMILES string of the molecule is CC(=O)[C@H](C(=O)O[C@@H]1C[C@H](C)CC[C@@H]1C(C)C)C(C)[C@H](C(C)=O)C(=O)O[C@@H]1C[C@H](C)CC[C@H]1C(C)C. The molecule has 0 spiro atoms. The molecule has 2 rings (SSSR count). The minimum absolute atomic E-state index is 0.239. The maximum atomic E-state index is 13.4. The van der Waals surface area contributed by atoms with E-state index in [1.165, 1.54) is 13.8 Å². The van der Waals surface area contributed by atoms with Crippen LogP contribution in [0, 0.1) is 53.3 Å². The second kappa shape index (κ2) is 13.2. The van der Waals surface area contributed by atoms with Gasteiger partial charge in [0.1, 0.15) is 35.6 Å². The number of carbonyl (C=O) groups excluding carboxylic acids is 4. The summed E-state index contributed by atoms with van der Waals surface area (Å²) in [4.78, 5) is 52.2. The summed E-state index contributed by atoms with van der Waals surface area (Å²) in [6, 6.07) is 0. The van der Waals surface area contributed by atoms with E-state index in [1.54, 1.807) is 6.92 Å². The molecule has 2 aliphatic carbocycles. The summed E-state index contributed by atoms with van der Waals surface area (Å²) < 4.78 is 12.0. The topological polar surface area (TPSA) is 86.7 Å². The molecule has 2 fully saturated rings. The average molecular weight is 507 g/mol. The normalized spacial score (nSPS) is 31.4. The van der Waals surface area contributed by atoms with Crippen LogP contribution in [-0.2, 0) is 28.7 Å². The van der Waals surface area contributed by atoms with Gasteiger partial charge in [0.15, 0.2) is 0 Å². The van der Waals surface area contributed by atoms with Crippen molar-refractivity contribution in [2.45, 2.75) is 113 Å². The Bertz CT molecular complexity index is 722. The third-order valence-corrected chi connectivity index (χ3v) is 8.89. The third-order valence-electron chi connectivity index (χ3n) is 8.89. The van der Waals surface area contributed by atoms with Gasteiger partial charge in [-0.25, -0.2) is 0 Å². The molecular weight excluding hydrogens is 456 g/mol. The number of rotatable bonds is 10. The fourth-order valence-corrected chi connectivity index (χ4v) is 6.64. The number of hydrogen-bond donors (Lipinski definition) is 0. The van der Waals surface area contributed by atoms with Crippen LogP contribution in [0.3, 0.4) is 0 Å². The fraction of sp³-hybridized carbons (Fsp3) is 0.867. The van der Waals surface area contributed by atoms with Gasteiger partial charge in [0, 0.05) is 0 Å². The zero-order valence-corrected chi connectivity index (χ0v) is 24.0. The van der Waals surface area contributed by atoms with Gasteiger partial charge < -0.3 is 9.47 Å². The molecule has 2 aliphatic rings. The summed E-state index contributed by atoms with van der Waals surface area (Å²) in [5.74, 6) is -3.13. The largest absolute Gasteiger partial charge is 0.462 e. The molecule has 0 aromatic rings. The maximum Gasteiger partial charge on any atom is 0.317 e. The van der Waals surface area contributed by atoms with E-state index in [2.05, 4.69) is 41.5 Å². The van der Waals surface area contributed by atoms with Crippen molar-refractivity contribution in [2.75, 3.05) is 0 Å². The molecule has 0 heterocycles. The molecule has 0 bridgehead atoms. The summed E-state index contributed by atoms with van der Waals surface area (Å²) >= 11 is 0. The highest BCUT2D eigenvalue weighted by molar-refractivity contribution is 6.02. The molecule has 6 nitrogen and oxygen atoms in total. The van der Waals surface area contributed by atoms with Crippen LogP contribution in [0.1, 0.15) is 101 Å². The fourth-order valence-electron chi connectivity index (χ4n) is 6.64. The van der Waals surface area contributed by atoms with E-state index in [4.69, 9.17) is 9.47 Å². The van der Waals surface area contributed by atoms with Crippen molar-refractivity contribution in [2.24, 2.45) is 53.3 Å². The monoisotopic (exact) mass is 506 g/mol. The van der Waals surface area contributed by atoms with Crippen molar-refractivity contribution in [1.82, 2.24) is 0 Å². The van der Waals surface area contributed by atoms with E-state index in [0.29, 0.717) is 23.7 Å². The van der Waals surface area contributed by atoms with Gasteiger partial charge in [0.05, 0.1) is 0 Å². The standard InChI is InChI=1S/C30H50O6/c1-16(2)23-12-10-18(5)14-25(23)35-29(33)27(21(8)31)20(7)28(22(9)32)30(34)36-26-15-19(6)11-13-24(26)17(3)4/h16-20,23-28H,10-15H2,1-9H3/t18-,19-,20?,23-,24+,25-,26-,27-,28-/m1/s1. The molecule has 1 unspecified atom stereocenters. The van der Waals surface area contributed by atoms with Gasteiger partial charge in [0.25, 0.3) is 0 Å². The van der Waals surface area contributed by atoms with Gasteiger partial charge in [-0.2, -0.15) is 0 Å². The summed E-state index contributed by atoms with van der Waals surface area (Å²) in [5, 5.41) is 0. The Hall–Kier alpha value is -1.72. The second-order valence-electron chi connectivity index (χ2n) is 12.6. The highest BCUT2D eigenvalue weighted by atomic mass is 16.6. The van der Waals surface area contributed by atoms with E-state index in [-0.39, 0.29) is 35.6 Å². The quantitative estimate of drug-likeness (QED) is 0.265. The Labute approximate surface area is 218 Å². The number of hydrogen-bond acceptors (Lipinski definition) is 6. The first kappa shape index (κ1) is 30.5. The number of ether oxygens (including phenoxy) is 2. The number of ketones is 2. The molecule has 0 amide bonds. The Morgan fingerprint density at radius 3 is 1.22 bits per heavy atom. The van der Waals surface area contributed by atoms with Crippen molar-refractivity contribution in [3.05, 3.63) is 0 Å². The van der Waals surface area contributed by atoms with Crippen LogP contribution in [0.5, 0.6) is 0 Å². The molecule has 206 valence electrons. The Kier molecular flexibility index (Phi) is 11.2. The molecule has 0 aromatic heterocycles. The molecule has 0 aromatic carbocycles. The van der Waals surface area contributed by atoms with E-state index < -0.39 is 29.7 Å². The summed E-state index contributed by atoms with van der Waals surface area (Å²) in [7, 11) is 0. The summed E-state index contributed by atoms with van der Waals surface area (Å²) in [6.07, 6.45) is 5.18. The van der Waals surface area contributed by atoms with Crippen LogP contribution in [-0.4, -0.2) is 35.7 Å². The summed E-state index contributed by atoms with van der Waals surface area (Å²) in [6.45, 7) is 17.1. The highest BCUT2D eigenvalue weighted by Crippen LogP contribution is 2.38. The zero-order valence-electron chi connectivity index (χ0n) is 24.0. The lowest BCUT2D eigenvalue weighted by molar-refractivity contribution is -0.170. The molecule has 0 N–H and O–H groups in total. The predicted octanol–water partition coefficient (Wildman–Crippen LogP) is 6.04. The zero-order chi connectivity index (χ0) is 27.3. The lowest BCUT2D eigenvalue weighted by atomic mass is 9.74. The minimum Gasteiger partial charge on any atom is -0.462 e. The minimum atomic E-state index is -1.18. The van der Waals surface area contributed by atoms with Crippen LogP contribution in [0.4, 0.5) is 0 Å². The third kappa shape index (κ3) is 7.64. The number of carbonyl (C=O) groups is 4. The first-order chi connectivity index (χ1) is 16.7. The van der Waals surface area contributed by atoms with Gasteiger partial charge in [-0.3, -0.25) is 19.2 Å². The lowest BCUT2D eigenvalue weighted by Crippen LogP contribution is -2.45. The van der Waals surface area contributed by atoms with Gasteiger partial charge in [-0.15, -0.1) is 0 Å². The van der Waals surface area contributed by atoms with E-state index in [1.807, 2.05) is 0 Å². The van der Waals surface area contributed by atoms with Crippen LogP contribution in [0.2, 0.25) is 0 Å². The molecule has 0 saturated heterocycles. The smallest absolute Gasteiger partial charge is 0.317 e. The Morgan fingerprint density at radius 2 is 0.944 bits per heavy atom. The van der Waals surface area contributed by atoms with Crippen molar-refractivity contribution < 1.29 is 28.7 Å². The van der Waals surface area contributed by atoms with Crippen molar-refractivity contribution >= 4 is 23.5 Å². The molecular formula is C30H50O6. The van der Waals surface area contributed by atoms with Crippen molar-refractivity contribution in [1.29, 1.82) is 0 Å². The van der Waals surface area contributed by atoms with Gasteiger partial charge in [0.2, 0.25) is 0 Å². The van der Waals surface area contributed by atoms with Crippen molar-refractivity contribution in [3.63, 3.8) is 0 Å². The maximum absolute atomic E-state index is 13.4. The summed E-state index contributed by atoms with van der Waals surface area (Å²) in [5.41, 5.74) is 0. The van der Waals surface area contributed by atoms with Gasteiger partial charge in [-0.05, 0) is 81.0 Å². The van der Waals surface area contributed by atoms with Crippen molar-refractivity contribution in [3.8, 4) is 0 Å². The predicted molar refractivity (Wildman–Crippen MR) is 140 cm³/mol. The van der Waals surface area contributed by atoms with Crippen LogP contribution < -0.4 is 0 Å². The molecule has 0 radical (unpaired) electrons. The molecule has 36 heavy (non-hydrogen) atoms. The van der Waals surface area contributed by atoms with Gasteiger partial charge in [-0.1, -0.05) is 61.3 Å². The molecule has 0 aliphatic heterocycles. The van der Waals surface area contributed by atoms with E-state index in [9.17, 15) is 19.2 Å². The van der Waals surface area contributed by atoms with Crippen LogP contribution >= 0.6 is 0 Å². The molecule has 9 atom stereocenters. The van der Waals surface area contributed by atoms with Gasteiger partial charge >= 0.3 is 11.9 Å². The Morgan fingerprint density at radius 1 is 0.611 bits per heavy atom. The number of esters is 2.